The lowest BCUT2D eigenvalue weighted by molar-refractivity contribution is 0.373. The van der Waals surface area contributed by atoms with E-state index in [2.05, 4.69) is 12.2 Å². The van der Waals surface area contributed by atoms with Crippen LogP contribution in [0.2, 0.25) is 0 Å². The van der Waals surface area contributed by atoms with Crippen LogP contribution in [0.15, 0.2) is 36.4 Å². The molecule has 0 spiro atoms. The van der Waals surface area contributed by atoms with Gasteiger partial charge in [-0.1, -0.05) is 6.07 Å². The molecule has 9 N–H and O–H groups in total. The SMILES string of the molecule is CN(N)C(N)=S.COc1ccc(N)cc1O.NCc1ccc(F)c(F)c1. The molecule has 0 unspecified atom stereocenters. The van der Waals surface area contributed by atoms with E-state index in [1.54, 1.807) is 19.2 Å². The Morgan fingerprint density at radius 1 is 1.19 bits per heavy atom. The number of methoxy groups -OCH3 is 1. The second-order valence-corrected chi connectivity index (χ2v) is 5.25. The number of halogens is 2. The maximum absolute atomic E-state index is 12.3. The highest BCUT2D eigenvalue weighted by molar-refractivity contribution is 7.80. The van der Waals surface area contributed by atoms with Crippen LogP contribution in [0.1, 0.15) is 5.56 Å². The molecule has 10 heteroatoms. The van der Waals surface area contributed by atoms with Crippen LogP contribution in [0.4, 0.5) is 14.5 Å². The first-order valence-corrected chi connectivity index (χ1v) is 7.57. The highest BCUT2D eigenvalue weighted by Crippen LogP contribution is 2.26. The second kappa shape index (κ2) is 11.8. The van der Waals surface area contributed by atoms with Gasteiger partial charge in [0.05, 0.1) is 7.11 Å². The van der Waals surface area contributed by atoms with Gasteiger partial charge in [0.25, 0.3) is 0 Å². The quantitative estimate of drug-likeness (QED) is 0.226. The average Bonchev–Trinajstić information content (AvgIpc) is 2.58. The molecule has 0 heterocycles. The predicted octanol–water partition coefficient (Wildman–Crippen LogP) is 1.44. The van der Waals surface area contributed by atoms with Gasteiger partial charge in [-0.15, -0.1) is 0 Å². The number of nitrogens with two attached hydrogens (primary N) is 4. The van der Waals surface area contributed by atoms with Gasteiger partial charge in [-0.3, -0.25) is 5.01 Å². The van der Waals surface area contributed by atoms with Crippen LogP contribution in [-0.4, -0.2) is 29.4 Å². The fourth-order valence-electron chi connectivity index (χ4n) is 1.37. The highest BCUT2D eigenvalue weighted by Gasteiger charge is 2.00. The maximum atomic E-state index is 12.3. The van der Waals surface area contributed by atoms with E-state index in [1.807, 2.05) is 0 Å². The summed E-state index contributed by atoms with van der Waals surface area (Å²) in [7, 11) is 3.08. The Morgan fingerprint density at radius 2 is 1.77 bits per heavy atom. The zero-order chi connectivity index (χ0) is 20.3. The van der Waals surface area contributed by atoms with Crippen molar-refractivity contribution in [1.29, 1.82) is 0 Å². The van der Waals surface area contributed by atoms with Crippen molar-refractivity contribution < 1.29 is 18.6 Å². The van der Waals surface area contributed by atoms with Crippen LogP contribution in [0.5, 0.6) is 11.5 Å². The Labute approximate surface area is 156 Å². The summed E-state index contributed by atoms with van der Waals surface area (Å²) in [6, 6.07) is 8.34. The van der Waals surface area contributed by atoms with Crippen molar-refractivity contribution in [3.05, 3.63) is 53.6 Å². The number of phenols is 1. The van der Waals surface area contributed by atoms with Crippen LogP contribution < -0.4 is 27.8 Å². The van der Waals surface area contributed by atoms with Gasteiger partial charge in [0, 0.05) is 25.3 Å². The number of nitrogen functional groups attached to an aromatic ring is 1. The van der Waals surface area contributed by atoms with Crippen LogP contribution in [0.3, 0.4) is 0 Å². The molecule has 2 aromatic rings. The van der Waals surface area contributed by atoms with Crippen LogP contribution in [0.25, 0.3) is 0 Å². The molecule has 0 saturated carbocycles. The summed E-state index contributed by atoms with van der Waals surface area (Å²) in [5.74, 6) is 3.83. The third-order valence-electron chi connectivity index (χ3n) is 2.77. The van der Waals surface area contributed by atoms with Crippen LogP contribution in [0, 0.1) is 11.6 Å². The van der Waals surface area contributed by atoms with Crippen LogP contribution >= 0.6 is 12.2 Å². The molecule has 2 aromatic carbocycles. The lowest BCUT2D eigenvalue weighted by Crippen LogP contribution is -2.37. The molecule has 0 aliphatic heterocycles. The molecule has 0 radical (unpaired) electrons. The number of hydrogen-bond acceptors (Lipinski definition) is 6. The molecule has 26 heavy (non-hydrogen) atoms. The molecule has 0 aliphatic rings. The van der Waals surface area contributed by atoms with Gasteiger partial charge < -0.3 is 27.0 Å². The van der Waals surface area contributed by atoms with E-state index >= 15 is 0 Å². The van der Waals surface area contributed by atoms with Crippen molar-refractivity contribution in [3.8, 4) is 11.5 Å². The van der Waals surface area contributed by atoms with Gasteiger partial charge in [-0.2, -0.15) is 0 Å². The number of hydrogen-bond donors (Lipinski definition) is 5. The first-order chi connectivity index (χ1) is 12.1. The van der Waals surface area contributed by atoms with E-state index in [-0.39, 0.29) is 17.4 Å². The zero-order valence-electron chi connectivity index (χ0n) is 14.4. The second-order valence-electron chi connectivity index (χ2n) is 4.83. The molecular weight excluding hydrogens is 364 g/mol. The fraction of sp³-hybridized carbons (Fsp3) is 0.188. The minimum atomic E-state index is -0.844. The minimum absolute atomic E-state index is 0.0718. The number of aromatic hydroxyl groups is 1. The van der Waals surface area contributed by atoms with Gasteiger partial charge >= 0.3 is 0 Å². The lowest BCUT2D eigenvalue weighted by Gasteiger charge is -2.05. The van der Waals surface area contributed by atoms with E-state index in [0.717, 1.165) is 12.1 Å². The summed E-state index contributed by atoms with van der Waals surface area (Å²) < 4.78 is 29.3. The van der Waals surface area contributed by atoms with E-state index in [1.165, 1.54) is 24.3 Å². The predicted molar refractivity (Wildman–Crippen MR) is 102 cm³/mol. The van der Waals surface area contributed by atoms with Crippen LogP contribution in [-0.2, 0) is 6.54 Å². The minimum Gasteiger partial charge on any atom is -0.504 e. The molecule has 0 aromatic heterocycles. The van der Waals surface area contributed by atoms with Gasteiger partial charge in [0.2, 0.25) is 0 Å². The monoisotopic (exact) mass is 387 g/mol. The van der Waals surface area contributed by atoms with E-state index in [0.29, 0.717) is 17.0 Å². The summed E-state index contributed by atoms with van der Waals surface area (Å²) >= 11 is 4.40. The largest absolute Gasteiger partial charge is 0.504 e. The number of phenolic OH excluding ortho intramolecular Hbond substituents is 1. The Balaban J connectivity index is 0.000000375. The first-order valence-electron chi connectivity index (χ1n) is 7.16. The average molecular weight is 387 g/mol. The Bertz CT molecular complexity index is 717. The van der Waals surface area contributed by atoms with Gasteiger partial charge in [-0.25, -0.2) is 14.6 Å². The number of thiocarbonyl (C=S) groups is 1. The number of rotatable bonds is 2. The van der Waals surface area contributed by atoms with Crippen molar-refractivity contribution in [2.75, 3.05) is 19.9 Å². The van der Waals surface area contributed by atoms with Crippen molar-refractivity contribution in [3.63, 3.8) is 0 Å². The topological polar surface area (TPSA) is 137 Å². The molecule has 0 fully saturated rings. The molecule has 0 bridgehead atoms. The molecule has 144 valence electrons. The lowest BCUT2D eigenvalue weighted by atomic mass is 10.2. The van der Waals surface area contributed by atoms with E-state index < -0.39 is 11.6 Å². The third-order valence-corrected chi connectivity index (χ3v) is 3.06. The number of nitrogens with zero attached hydrogens (tertiary/aromatic N) is 1. The van der Waals surface area contributed by atoms with E-state index in [4.69, 9.17) is 32.9 Å². The molecule has 0 amide bonds. The van der Waals surface area contributed by atoms with E-state index in [9.17, 15) is 8.78 Å². The van der Waals surface area contributed by atoms with Gasteiger partial charge in [0.1, 0.15) is 0 Å². The summed E-state index contributed by atoms with van der Waals surface area (Å²) in [6.45, 7) is 0.233. The molecule has 0 aliphatic carbocycles. The van der Waals surface area contributed by atoms with Gasteiger partial charge in [-0.05, 0) is 42.0 Å². The number of ether oxygens (including phenoxy) is 1. The Hall–Kier alpha value is -2.69. The smallest absolute Gasteiger partial charge is 0.180 e. The van der Waals surface area contributed by atoms with Crippen molar-refractivity contribution in [1.82, 2.24) is 5.01 Å². The number of anilines is 1. The van der Waals surface area contributed by atoms with Crippen molar-refractivity contribution in [2.45, 2.75) is 6.54 Å². The number of benzene rings is 2. The molecule has 0 saturated heterocycles. The van der Waals surface area contributed by atoms with Gasteiger partial charge in [0.15, 0.2) is 28.2 Å². The standard InChI is InChI=1S/C7H7F2N.C7H9NO2.C2H7N3S/c8-6-2-1-5(4-10)3-7(6)9;1-10-7-3-2-5(8)4-6(7)9;1-5(4)2(3)6/h1-3H,4,10H2;2-4,9H,8H2,1H3;4H2,1H3,(H2,3,6). The fourth-order valence-corrected chi connectivity index (χ4v) is 1.37. The normalized spacial score (nSPS) is 9.15. The summed E-state index contributed by atoms with van der Waals surface area (Å²) in [6.07, 6.45) is 0. The number of hydrazine groups is 1. The third kappa shape index (κ3) is 8.97. The van der Waals surface area contributed by atoms with Crippen molar-refractivity contribution in [2.24, 2.45) is 17.3 Å². The molecule has 0 atom stereocenters. The molecule has 2 rings (SSSR count). The molecule has 7 nitrogen and oxygen atoms in total. The molecular formula is C16H23F2N5O2S. The first kappa shape index (κ1) is 23.3. The van der Waals surface area contributed by atoms with Crippen molar-refractivity contribution >= 4 is 23.0 Å². The highest BCUT2D eigenvalue weighted by atomic mass is 32.1. The Morgan fingerprint density at radius 3 is 2.15 bits per heavy atom. The maximum Gasteiger partial charge on any atom is 0.180 e. The summed E-state index contributed by atoms with van der Waals surface area (Å²) in [5.41, 5.74) is 16.6. The Kier molecular flexibility index (Phi) is 10.6. The zero-order valence-corrected chi connectivity index (χ0v) is 15.3. The summed E-state index contributed by atoms with van der Waals surface area (Å²) in [5, 5.41) is 10.5. The summed E-state index contributed by atoms with van der Waals surface area (Å²) in [4.78, 5) is 0.